The topological polar surface area (TPSA) is 52.6 Å². The van der Waals surface area contributed by atoms with Crippen molar-refractivity contribution in [3.05, 3.63) is 59.2 Å². The van der Waals surface area contributed by atoms with Crippen molar-refractivity contribution >= 4 is 11.9 Å². The third kappa shape index (κ3) is 5.01. The first-order valence-electron chi connectivity index (χ1n) is 7.10. The number of halogens is 5. The van der Waals surface area contributed by atoms with E-state index in [0.29, 0.717) is 12.1 Å². The van der Waals surface area contributed by atoms with Gasteiger partial charge in [-0.15, -0.1) is 0 Å². The van der Waals surface area contributed by atoms with Crippen LogP contribution in [0.3, 0.4) is 0 Å². The monoisotopic (exact) mass is 374 g/mol. The lowest BCUT2D eigenvalue weighted by Gasteiger charge is -2.10. The summed E-state index contributed by atoms with van der Waals surface area (Å²) >= 11 is 0. The normalized spacial score (nSPS) is 11.2. The molecule has 0 unspecified atom stereocenters. The third-order valence-electron chi connectivity index (χ3n) is 3.12. The van der Waals surface area contributed by atoms with E-state index < -0.39 is 47.5 Å². The standard InChI is InChI=1S/C17H11F5O4/c1-9-6-10(2-4-13(9)18)25-15(23)8-16(24)26-11-3-5-14(19)12(7-11)17(20,21)22/h2-7H,8H2,1H3. The number of hydrogen-bond donors (Lipinski definition) is 0. The number of benzene rings is 2. The number of ether oxygens (including phenoxy) is 2. The van der Waals surface area contributed by atoms with Crippen molar-refractivity contribution in [2.24, 2.45) is 0 Å². The van der Waals surface area contributed by atoms with E-state index in [2.05, 4.69) is 4.74 Å². The van der Waals surface area contributed by atoms with Crippen LogP contribution < -0.4 is 9.47 Å². The van der Waals surface area contributed by atoms with Crippen molar-refractivity contribution in [1.82, 2.24) is 0 Å². The first kappa shape index (κ1) is 19.4. The van der Waals surface area contributed by atoms with Gasteiger partial charge < -0.3 is 9.47 Å². The molecule has 2 aromatic carbocycles. The van der Waals surface area contributed by atoms with Gasteiger partial charge in [0.15, 0.2) is 0 Å². The molecule has 0 aliphatic carbocycles. The molecule has 138 valence electrons. The van der Waals surface area contributed by atoms with Crippen LogP contribution in [0.15, 0.2) is 36.4 Å². The fourth-order valence-electron chi connectivity index (χ4n) is 1.92. The van der Waals surface area contributed by atoms with Gasteiger partial charge in [0.1, 0.15) is 29.6 Å². The molecule has 0 atom stereocenters. The van der Waals surface area contributed by atoms with Gasteiger partial charge in [-0.25, -0.2) is 8.78 Å². The van der Waals surface area contributed by atoms with E-state index >= 15 is 0 Å². The predicted octanol–water partition coefficient (Wildman–Crippen LogP) is 4.19. The van der Waals surface area contributed by atoms with Gasteiger partial charge in [0.05, 0.1) is 5.56 Å². The van der Waals surface area contributed by atoms with Crippen LogP contribution in [0.2, 0.25) is 0 Å². The summed E-state index contributed by atoms with van der Waals surface area (Å²) in [5.41, 5.74) is -1.39. The molecule has 0 heterocycles. The zero-order chi connectivity index (χ0) is 19.5. The average Bonchev–Trinajstić information content (AvgIpc) is 2.51. The minimum atomic E-state index is -4.97. The van der Waals surface area contributed by atoms with E-state index in [0.717, 1.165) is 12.1 Å². The SMILES string of the molecule is Cc1cc(OC(=O)CC(=O)Oc2ccc(F)c(C(F)(F)F)c2)ccc1F. The van der Waals surface area contributed by atoms with Crippen LogP contribution in [0, 0.1) is 18.6 Å². The maximum absolute atomic E-state index is 13.2. The number of rotatable bonds is 4. The van der Waals surface area contributed by atoms with Crippen molar-refractivity contribution in [1.29, 1.82) is 0 Å². The number of hydrogen-bond acceptors (Lipinski definition) is 4. The Kier molecular flexibility index (Phi) is 5.59. The molecule has 0 aliphatic heterocycles. The zero-order valence-corrected chi connectivity index (χ0v) is 13.2. The molecule has 2 aromatic rings. The number of carbonyl (C=O) groups is 2. The molecule has 0 aromatic heterocycles. The van der Waals surface area contributed by atoms with Crippen molar-refractivity contribution in [3.8, 4) is 11.5 Å². The van der Waals surface area contributed by atoms with Gasteiger partial charge in [-0.1, -0.05) is 0 Å². The van der Waals surface area contributed by atoms with E-state index in [1.54, 1.807) is 0 Å². The Hall–Kier alpha value is -2.97. The van der Waals surface area contributed by atoms with E-state index in [4.69, 9.17) is 4.74 Å². The van der Waals surface area contributed by atoms with Gasteiger partial charge in [0, 0.05) is 0 Å². The highest BCUT2D eigenvalue weighted by atomic mass is 19.4. The summed E-state index contributed by atoms with van der Waals surface area (Å²) in [6, 6.07) is 5.08. The van der Waals surface area contributed by atoms with Crippen LogP contribution >= 0.6 is 0 Å². The maximum atomic E-state index is 13.2. The van der Waals surface area contributed by atoms with E-state index in [1.165, 1.54) is 19.1 Å². The summed E-state index contributed by atoms with van der Waals surface area (Å²) in [4.78, 5) is 23.3. The molecule has 0 aliphatic rings. The molecule has 0 radical (unpaired) electrons. The first-order valence-corrected chi connectivity index (χ1v) is 7.10. The van der Waals surface area contributed by atoms with E-state index in [-0.39, 0.29) is 11.3 Å². The number of aryl methyl sites for hydroxylation is 1. The van der Waals surface area contributed by atoms with Gasteiger partial charge in [-0.3, -0.25) is 9.59 Å². The fourth-order valence-corrected chi connectivity index (χ4v) is 1.92. The van der Waals surface area contributed by atoms with Gasteiger partial charge in [-0.2, -0.15) is 13.2 Å². The lowest BCUT2D eigenvalue weighted by molar-refractivity contribution is -0.145. The molecule has 0 N–H and O–H groups in total. The largest absolute Gasteiger partial charge is 0.426 e. The highest BCUT2D eigenvalue weighted by Crippen LogP contribution is 2.33. The maximum Gasteiger partial charge on any atom is 0.419 e. The first-order chi connectivity index (χ1) is 12.1. The van der Waals surface area contributed by atoms with Crippen molar-refractivity contribution < 1.29 is 41.0 Å². The molecule has 0 saturated heterocycles. The molecule has 0 bridgehead atoms. The minimum absolute atomic E-state index is 0.0113. The van der Waals surface area contributed by atoms with Gasteiger partial charge in [0.2, 0.25) is 0 Å². The molecule has 26 heavy (non-hydrogen) atoms. The molecule has 0 saturated carbocycles. The summed E-state index contributed by atoms with van der Waals surface area (Å²) < 4.78 is 73.5. The number of alkyl halides is 3. The molecule has 0 spiro atoms. The van der Waals surface area contributed by atoms with Crippen LogP contribution in [-0.2, 0) is 15.8 Å². The molecular formula is C17H11F5O4. The number of esters is 2. The highest BCUT2D eigenvalue weighted by Gasteiger charge is 2.34. The predicted molar refractivity (Wildman–Crippen MR) is 78.4 cm³/mol. The van der Waals surface area contributed by atoms with Crippen LogP contribution in [0.4, 0.5) is 22.0 Å². The van der Waals surface area contributed by atoms with Gasteiger partial charge >= 0.3 is 18.1 Å². The van der Waals surface area contributed by atoms with Gasteiger partial charge in [-0.05, 0) is 48.9 Å². The minimum Gasteiger partial charge on any atom is -0.426 e. The molecule has 4 nitrogen and oxygen atoms in total. The lowest BCUT2D eigenvalue weighted by Crippen LogP contribution is -2.18. The van der Waals surface area contributed by atoms with Crippen LogP contribution in [0.5, 0.6) is 11.5 Å². The van der Waals surface area contributed by atoms with E-state index in [1.807, 2.05) is 0 Å². The smallest absolute Gasteiger partial charge is 0.419 e. The summed E-state index contributed by atoms with van der Waals surface area (Å²) in [6.45, 7) is 1.44. The van der Waals surface area contributed by atoms with Crippen molar-refractivity contribution in [2.75, 3.05) is 0 Å². The Morgan fingerprint density at radius 2 is 1.38 bits per heavy atom. The second-order valence-corrected chi connectivity index (χ2v) is 5.18. The second-order valence-electron chi connectivity index (χ2n) is 5.18. The Balaban J connectivity index is 2.00. The van der Waals surface area contributed by atoms with Crippen molar-refractivity contribution in [3.63, 3.8) is 0 Å². The van der Waals surface area contributed by atoms with Gasteiger partial charge in [0.25, 0.3) is 0 Å². The molecular weight excluding hydrogens is 363 g/mol. The molecule has 2 rings (SSSR count). The van der Waals surface area contributed by atoms with Crippen LogP contribution in [0.25, 0.3) is 0 Å². The summed E-state index contributed by atoms with van der Waals surface area (Å²) in [7, 11) is 0. The summed E-state index contributed by atoms with van der Waals surface area (Å²) in [5, 5.41) is 0. The Bertz CT molecular complexity index is 846. The Morgan fingerprint density at radius 1 is 0.885 bits per heavy atom. The quantitative estimate of drug-likeness (QED) is 0.349. The average molecular weight is 374 g/mol. The third-order valence-corrected chi connectivity index (χ3v) is 3.12. The molecule has 0 fully saturated rings. The molecule has 9 heteroatoms. The molecule has 0 amide bonds. The second kappa shape index (κ2) is 7.51. The Morgan fingerprint density at radius 3 is 1.88 bits per heavy atom. The summed E-state index contributed by atoms with van der Waals surface area (Å²) in [5.74, 6) is -4.88. The zero-order valence-electron chi connectivity index (χ0n) is 13.2. The van der Waals surface area contributed by atoms with Crippen molar-refractivity contribution in [2.45, 2.75) is 19.5 Å². The van der Waals surface area contributed by atoms with Crippen LogP contribution in [0.1, 0.15) is 17.5 Å². The van der Waals surface area contributed by atoms with E-state index in [9.17, 15) is 31.5 Å². The lowest BCUT2D eigenvalue weighted by atomic mass is 10.2. The highest BCUT2D eigenvalue weighted by molar-refractivity contribution is 5.93. The fraction of sp³-hybridized carbons (Fsp3) is 0.176. The Labute approximate surface area is 144 Å². The number of carbonyl (C=O) groups excluding carboxylic acids is 2. The van der Waals surface area contributed by atoms with Crippen LogP contribution in [-0.4, -0.2) is 11.9 Å². The summed E-state index contributed by atoms with van der Waals surface area (Å²) in [6.07, 6.45) is -5.87.